The highest BCUT2D eigenvalue weighted by Crippen LogP contribution is 2.38. The zero-order chi connectivity index (χ0) is 17.6. The molecule has 0 unspecified atom stereocenters. The van der Waals surface area contributed by atoms with E-state index >= 15 is 0 Å². The summed E-state index contributed by atoms with van der Waals surface area (Å²) in [6.07, 6.45) is 2.37. The third-order valence-electron chi connectivity index (χ3n) is 4.66. The van der Waals surface area contributed by atoms with E-state index in [0.29, 0.717) is 17.4 Å². The molecule has 1 aliphatic carbocycles. The Hall–Kier alpha value is -2.82. The van der Waals surface area contributed by atoms with Crippen molar-refractivity contribution in [3.05, 3.63) is 63.8 Å². The summed E-state index contributed by atoms with van der Waals surface area (Å²) in [5.74, 6) is 0.459. The average molecular weight is 337 g/mol. The van der Waals surface area contributed by atoms with Crippen molar-refractivity contribution in [1.82, 2.24) is 4.57 Å². The topological polar surface area (TPSA) is 61.4 Å². The molecule has 128 valence electrons. The number of Topliss-reactive ketones (excluding diaryl/α,β-unsaturated/α-hetero) is 1. The second-order valence-electron chi connectivity index (χ2n) is 6.55. The molecule has 0 N–H and O–H groups in total. The van der Waals surface area contributed by atoms with Gasteiger partial charge in [0.05, 0.1) is 0 Å². The fourth-order valence-electron chi connectivity index (χ4n) is 3.31. The van der Waals surface area contributed by atoms with Crippen molar-refractivity contribution >= 4 is 16.8 Å². The van der Waals surface area contributed by atoms with E-state index in [2.05, 4.69) is 4.57 Å². The SMILES string of the molecule is Cc1cc(C(=O)COc2ccc3ccc(=O)oc3c2)c(C)n1C1CC1. The number of ether oxygens (including phenoxy) is 1. The molecule has 5 nitrogen and oxygen atoms in total. The molecule has 5 heteroatoms. The van der Waals surface area contributed by atoms with Crippen LogP contribution in [0.3, 0.4) is 0 Å². The minimum atomic E-state index is -0.409. The fourth-order valence-corrected chi connectivity index (χ4v) is 3.31. The lowest BCUT2D eigenvalue weighted by Crippen LogP contribution is -2.13. The molecule has 0 bridgehead atoms. The highest BCUT2D eigenvalue weighted by molar-refractivity contribution is 5.98. The number of carbonyl (C=O) groups is 1. The molecule has 0 radical (unpaired) electrons. The van der Waals surface area contributed by atoms with E-state index < -0.39 is 5.63 Å². The van der Waals surface area contributed by atoms with E-state index in [1.807, 2.05) is 19.9 Å². The molecule has 1 aromatic carbocycles. The van der Waals surface area contributed by atoms with Gasteiger partial charge in [0, 0.05) is 40.5 Å². The first-order valence-electron chi connectivity index (χ1n) is 8.41. The van der Waals surface area contributed by atoms with Crippen LogP contribution in [0.15, 0.2) is 45.6 Å². The molecule has 3 aromatic rings. The summed E-state index contributed by atoms with van der Waals surface area (Å²) in [5.41, 5.74) is 2.89. The molecule has 1 saturated carbocycles. The maximum atomic E-state index is 12.6. The number of hydrogen-bond acceptors (Lipinski definition) is 4. The molecule has 1 fully saturated rings. The summed E-state index contributed by atoms with van der Waals surface area (Å²) < 4.78 is 13.0. The summed E-state index contributed by atoms with van der Waals surface area (Å²) in [6.45, 7) is 3.98. The quantitative estimate of drug-likeness (QED) is 0.525. The molecule has 2 heterocycles. The third kappa shape index (κ3) is 2.97. The van der Waals surface area contributed by atoms with Crippen LogP contribution in [0.2, 0.25) is 0 Å². The Labute approximate surface area is 144 Å². The highest BCUT2D eigenvalue weighted by Gasteiger charge is 2.28. The molecular weight excluding hydrogens is 318 g/mol. The van der Waals surface area contributed by atoms with Crippen LogP contribution in [0.1, 0.15) is 40.6 Å². The maximum absolute atomic E-state index is 12.6. The first-order valence-corrected chi connectivity index (χ1v) is 8.41. The summed E-state index contributed by atoms with van der Waals surface area (Å²) in [4.78, 5) is 23.9. The maximum Gasteiger partial charge on any atom is 0.336 e. The Morgan fingerprint density at radius 2 is 1.96 bits per heavy atom. The Bertz CT molecular complexity index is 1020. The van der Waals surface area contributed by atoms with E-state index in [0.717, 1.165) is 22.3 Å². The molecule has 25 heavy (non-hydrogen) atoms. The van der Waals surface area contributed by atoms with Crippen LogP contribution in [0.5, 0.6) is 5.75 Å². The number of rotatable bonds is 5. The van der Waals surface area contributed by atoms with Gasteiger partial charge in [-0.3, -0.25) is 4.79 Å². The van der Waals surface area contributed by atoms with Crippen LogP contribution in [0.4, 0.5) is 0 Å². The van der Waals surface area contributed by atoms with Crippen LogP contribution >= 0.6 is 0 Å². The lowest BCUT2D eigenvalue weighted by atomic mass is 10.1. The van der Waals surface area contributed by atoms with Gasteiger partial charge in [-0.05, 0) is 51.0 Å². The Balaban J connectivity index is 1.52. The number of fused-ring (bicyclic) bond motifs is 1. The van der Waals surface area contributed by atoms with E-state index in [-0.39, 0.29) is 12.4 Å². The molecule has 0 amide bonds. The zero-order valence-corrected chi connectivity index (χ0v) is 14.2. The van der Waals surface area contributed by atoms with Crippen molar-refractivity contribution in [2.24, 2.45) is 0 Å². The molecule has 1 aliphatic rings. The largest absolute Gasteiger partial charge is 0.485 e. The van der Waals surface area contributed by atoms with Gasteiger partial charge in [0.25, 0.3) is 0 Å². The first-order chi connectivity index (χ1) is 12.0. The summed E-state index contributed by atoms with van der Waals surface area (Å²) in [7, 11) is 0. The van der Waals surface area contributed by atoms with Gasteiger partial charge in [-0.25, -0.2) is 4.79 Å². The van der Waals surface area contributed by atoms with E-state index in [1.54, 1.807) is 24.3 Å². The van der Waals surface area contributed by atoms with E-state index in [1.165, 1.54) is 18.9 Å². The number of benzene rings is 1. The van der Waals surface area contributed by atoms with Gasteiger partial charge < -0.3 is 13.7 Å². The lowest BCUT2D eigenvalue weighted by molar-refractivity contribution is 0.0921. The Morgan fingerprint density at radius 1 is 1.20 bits per heavy atom. The van der Waals surface area contributed by atoms with Gasteiger partial charge >= 0.3 is 5.63 Å². The van der Waals surface area contributed by atoms with Crippen molar-refractivity contribution in [3.63, 3.8) is 0 Å². The monoisotopic (exact) mass is 337 g/mol. The third-order valence-corrected chi connectivity index (χ3v) is 4.66. The number of aromatic nitrogens is 1. The smallest absolute Gasteiger partial charge is 0.336 e. The standard InChI is InChI=1S/C20H19NO4/c1-12-9-17(13(2)21(12)15-5-6-15)18(22)11-24-16-7-3-14-4-8-20(23)25-19(14)10-16/h3-4,7-10,15H,5-6,11H2,1-2H3. The van der Waals surface area contributed by atoms with E-state index in [9.17, 15) is 9.59 Å². The van der Waals surface area contributed by atoms with Gasteiger partial charge in [-0.2, -0.15) is 0 Å². The molecule has 0 atom stereocenters. The van der Waals surface area contributed by atoms with Crippen molar-refractivity contribution in [2.75, 3.05) is 6.61 Å². The average Bonchev–Trinajstić information content (AvgIpc) is 3.37. The van der Waals surface area contributed by atoms with Crippen LogP contribution in [0.25, 0.3) is 11.0 Å². The van der Waals surface area contributed by atoms with Crippen molar-refractivity contribution in [1.29, 1.82) is 0 Å². The van der Waals surface area contributed by atoms with Gasteiger partial charge in [-0.1, -0.05) is 0 Å². The minimum absolute atomic E-state index is 0.0441. The number of hydrogen-bond donors (Lipinski definition) is 0. The molecular formula is C20H19NO4. The lowest BCUT2D eigenvalue weighted by Gasteiger charge is -2.08. The van der Waals surface area contributed by atoms with Crippen LogP contribution in [-0.2, 0) is 0 Å². The van der Waals surface area contributed by atoms with Crippen LogP contribution in [-0.4, -0.2) is 17.0 Å². The minimum Gasteiger partial charge on any atom is -0.485 e. The summed E-state index contributed by atoms with van der Waals surface area (Å²) in [6, 6.07) is 10.8. The van der Waals surface area contributed by atoms with Crippen molar-refractivity contribution < 1.29 is 13.9 Å². The predicted molar refractivity (Wildman–Crippen MR) is 94.5 cm³/mol. The number of aryl methyl sites for hydroxylation is 1. The summed E-state index contributed by atoms with van der Waals surface area (Å²) >= 11 is 0. The van der Waals surface area contributed by atoms with Gasteiger partial charge in [0.1, 0.15) is 11.3 Å². The predicted octanol–water partition coefficient (Wildman–Crippen LogP) is 3.81. The molecule has 0 spiro atoms. The molecule has 0 aliphatic heterocycles. The van der Waals surface area contributed by atoms with Crippen molar-refractivity contribution in [3.8, 4) is 5.75 Å². The second kappa shape index (κ2) is 5.92. The normalized spacial score (nSPS) is 14.0. The first kappa shape index (κ1) is 15.7. The zero-order valence-electron chi connectivity index (χ0n) is 14.2. The van der Waals surface area contributed by atoms with Crippen molar-refractivity contribution in [2.45, 2.75) is 32.7 Å². The molecule has 4 rings (SSSR count). The Kier molecular flexibility index (Phi) is 3.71. The second-order valence-corrected chi connectivity index (χ2v) is 6.55. The van der Waals surface area contributed by atoms with Crippen LogP contribution < -0.4 is 10.4 Å². The Morgan fingerprint density at radius 3 is 2.72 bits per heavy atom. The highest BCUT2D eigenvalue weighted by atomic mass is 16.5. The van der Waals surface area contributed by atoms with E-state index in [4.69, 9.17) is 9.15 Å². The molecule has 2 aromatic heterocycles. The number of ketones is 1. The van der Waals surface area contributed by atoms with Gasteiger partial charge in [0.2, 0.25) is 5.78 Å². The number of nitrogens with zero attached hydrogens (tertiary/aromatic N) is 1. The van der Waals surface area contributed by atoms with Gasteiger partial charge in [-0.15, -0.1) is 0 Å². The van der Waals surface area contributed by atoms with Crippen LogP contribution in [0, 0.1) is 13.8 Å². The molecule has 0 saturated heterocycles. The van der Waals surface area contributed by atoms with Gasteiger partial charge in [0.15, 0.2) is 6.61 Å². The fraction of sp³-hybridized carbons (Fsp3) is 0.300. The number of carbonyl (C=O) groups excluding carboxylic acids is 1. The summed E-state index contributed by atoms with van der Waals surface area (Å²) in [5, 5.41) is 0.811.